The Morgan fingerprint density at radius 1 is 1.40 bits per heavy atom. The van der Waals surface area contributed by atoms with Gasteiger partial charge in [-0.15, -0.1) is 0 Å². The van der Waals surface area contributed by atoms with Gasteiger partial charge < -0.3 is 5.32 Å². The minimum absolute atomic E-state index is 0.573. The third kappa shape index (κ3) is 2.67. The van der Waals surface area contributed by atoms with Crippen LogP contribution in [0, 0.1) is 13.8 Å². The van der Waals surface area contributed by atoms with Gasteiger partial charge in [-0.1, -0.05) is 28.1 Å². The molecule has 1 aromatic carbocycles. The van der Waals surface area contributed by atoms with Gasteiger partial charge in [0.05, 0.1) is 12.2 Å². The fraction of sp³-hybridized carbons (Fsp3) is 0.438. The largest absolute Gasteiger partial charge is 0.312 e. The van der Waals surface area contributed by atoms with Gasteiger partial charge in [-0.2, -0.15) is 5.10 Å². The van der Waals surface area contributed by atoms with E-state index in [0.717, 1.165) is 23.3 Å². The molecule has 1 atom stereocenters. The van der Waals surface area contributed by atoms with Gasteiger partial charge in [-0.3, -0.25) is 4.68 Å². The Balaban J connectivity index is 1.93. The second kappa shape index (κ2) is 5.70. The third-order valence-electron chi connectivity index (χ3n) is 4.05. The first-order valence-corrected chi connectivity index (χ1v) is 7.98. The molecular formula is C16H20BrN3. The van der Waals surface area contributed by atoms with Crippen LogP contribution in [0.25, 0.3) is 11.1 Å². The van der Waals surface area contributed by atoms with Crippen LogP contribution in [0.15, 0.2) is 28.7 Å². The number of nitrogens with zero attached hydrogens (tertiary/aromatic N) is 2. The van der Waals surface area contributed by atoms with Crippen LogP contribution in [0.1, 0.15) is 24.2 Å². The molecule has 0 spiro atoms. The number of nitrogens with one attached hydrogen (secondary N) is 1. The van der Waals surface area contributed by atoms with Gasteiger partial charge in [0.2, 0.25) is 0 Å². The van der Waals surface area contributed by atoms with E-state index < -0.39 is 0 Å². The van der Waals surface area contributed by atoms with Crippen molar-refractivity contribution in [1.82, 2.24) is 15.1 Å². The SMILES string of the molecule is Cc1nn(CC2CCCN2)c(C)c1-c1cccc(Br)c1. The second-order valence-electron chi connectivity index (χ2n) is 5.53. The molecule has 2 aromatic rings. The van der Waals surface area contributed by atoms with Gasteiger partial charge in [-0.05, 0) is 50.9 Å². The predicted octanol–water partition coefficient (Wildman–Crippen LogP) is 3.68. The molecular weight excluding hydrogens is 314 g/mol. The number of aromatic nitrogens is 2. The van der Waals surface area contributed by atoms with Crippen molar-refractivity contribution in [1.29, 1.82) is 0 Å². The Bertz CT molecular complexity index is 612. The molecule has 0 aliphatic carbocycles. The number of halogens is 1. The van der Waals surface area contributed by atoms with E-state index >= 15 is 0 Å². The highest BCUT2D eigenvalue weighted by molar-refractivity contribution is 9.10. The summed E-state index contributed by atoms with van der Waals surface area (Å²) in [6.45, 7) is 6.39. The topological polar surface area (TPSA) is 29.9 Å². The molecule has 0 radical (unpaired) electrons. The van der Waals surface area contributed by atoms with E-state index in [9.17, 15) is 0 Å². The Labute approximate surface area is 128 Å². The van der Waals surface area contributed by atoms with Crippen molar-refractivity contribution in [3.8, 4) is 11.1 Å². The molecule has 0 bridgehead atoms. The summed E-state index contributed by atoms with van der Waals surface area (Å²) in [5.74, 6) is 0. The van der Waals surface area contributed by atoms with Crippen LogP contribution in [0.3, 0.4) is 0 Å². The van der Waals surface area contributed by atoms with Crippen molar-refractivity contribution < 1.29 is 0 Å². The molecule has 0 amide bonds. The van der Waals surface area contributed by atoms with Crippen molar-refractivity contribution in [2.45, 2.75) is 39.3 Å². The highest BCUT2D eigenvalue weighted by Gasteiger charge is 2.19. The average Bonchev–Trinajstić information content (AvgIpc) is 2.99. The lowest BCUT2D eigenvalue weighted by atomic mass is 10.0. The zero-order valence-corrected chi connectivity index (χ0v) is 13.6. The fourth-order valence-corrected chi connectivity index (χ4v) is 3.46. The van der Waals surface area contributed by atoms with Gasteiger partial charge in [0.25, 0.3) is 0 Å². The highest BCUT2D eigenvalue weighted by atomic mass is 79.9. The monoisotopic (exact) mass is 333 g/mol. The molecule has 20 heavy (non-hydrogen) atoms. The zero-order chi connectivity index (χ0) is 14.1. The van der Waals surface area contributed by atoms with Gasteiger partial charge in [0.1, 0.15) is 0 Å². The van der Waals surface area contributed by atoms with Crippen molar-refractivity contribution in [3.63, 3.8) is 0 Å². The molecule has 1 unspecified atom stereocenters. The Hall–Kier alpha value is -1.13. The van der Waals surface area contributed by atoms with E-state index in [1.807, 2.05) is 0 Å². The normalized spacial score (nSPS) is 18.6. The first-order chi connectivity index (χ1) is 9.65. The van der Waals surface area contributed by atoms with E-state index in [2.05, 4.69) is 64.0 Å². The van der Waals surface area contributed by atoms with Crippen molar-refractivity contribution in [2.75, 3.05) is 6.54 Å². The van der Waals surface area contributed by atoms with Crippen molar-refractivity contribution in [2.24, 2.45) is 0 Å². The number of rotatable bonds is 3. The van der Waals surface area contributed by atoms with Crippen LogP contribution in [0.2, 0.25) is 0 Å². The van der Waals surface area contributed by atoms with E-state index in [1.54, 1.807) is 0 Å². The quantitative estimate of drug-likeness (QED) is 0.928. The molecule has 1 aliphatic heterocycles. The third-order valence-corrected chi connectivity index (χ3v) is 4.54. The van der Waals surface area contributed by atoms with Crippen molar-refractivity contribution in [3.05, 3.63) is 40.1 Å². The fourth-order valence-electron chi connectivity index (χ4n) is 3.06. The summed E-state index contributed by atoms with van der Waals surface area (Å²) >= 11 is 3.55. The number of hydrogen-bond donors (Lipinski definition) is 1. The minimum Gasteiger partial charge on any atom is -0.312 e. The first kappa shape index (κ1) is 13.8. The van der Waals surface area contributed by atoms with Gasteiger partial charge in [-0.25, -0.2) is 0 Å². The lowest BCUT2D eigenvalue weighted by Crippen LogP contribution is -2.27. The average molecular weight is 334 g/mol. The maximum absolute atomic E-state index is 4.74. The number of aryl methyl sites for hydroxylation is 1. The summed E-state index contributed by atoms with van der Waals surface area (Å²) in [6.07, 6.45) is 2.53. The molecule has 0 saturated carbocycles. The standard InChI is InChI=1S/C16H20BrN3/c1-11-16(13-5-3-6-14(17)9-13)12(2)20(19-11)10-15-7-4-8-18-15/h3,5-6,9,15,18H,4,7-8,10H2,1-2H3. The lowest BCUT2D eigenvalue weighted by Gasteiger charge is -2.12. The molecule has 1 fully saturated rings. The van der Waals surface area contributed by atoms with E-state index in [1.165, 1.54) is 29.7 Å². The smallest absolute Gasteiger partial charge is 0.0674 e. The number of hydrogen-bond acceptors (Lipinski definition) is 2. The molecule has 106 valence electrons. The molecule has 1 aromatic heterocycles. The van der Waals surface area contributed by atoms with E-state index in [0.29, 0.717) is 6.04 Å². The number of benzene rings is 1. The zero-order valence-electron chi connectivity index (χ0n) is 12.0. The van der Waals surface area contributed by atoms with Crippen LogP contribution in [0.4, 0.5) is 0 Å². The van der Waals surface area contributed by atoms with Gasteiger partial charge in [0.15, 0.2) is 0 Å². The Kier molecular flexibility index (Phi) is 3.94. The molecule has 3 rings (SSSR count). The maximum Gasteiger partial charge on any atom is 0.0674 e. The van der Waals surface area contributed by atoms with Crippen LogP contribution in [-0.4, -0.2) is 22.4 Å². The predicted molar refractivity (Wildman–Crippen MR) is 85.9 cm³/mol. The van der Waals surface area contributed by atoms with Crippen LogP contribution in [-0.2, 0) is 6.54 Å². The van der Waals surface area contributed by atoms with Crippen LogP contribution < -0.4 is 5.32 Å². The van der Waals surface area contributed by atoms with Crippen molar-refractivity contribution >= 4 is 15.9 Å². The van der Waals surface area contributed by atoms with Crippen LogP contribution >= 0.6 is 15.9 Å². The highest BCUT2D eigenvalue weighted by Crippen LogP contribution is 2.29. The summed E-state index contributed by atoms with van der Waals surface area (Å²) in [5, 5.41) is 8.28. The molecule has 1 aliphatic rings. The molecule has 1 saturated heterocycles. The molecule has 1 N–H and O–H groups in total. The summed E-state index contributed by atoms with van der Waals surface area (Å²) in [4.78, 5) is 0. The Morgan fingerprint density at radius 2 is 2.25 bits per heavy atom. The Morgan fingerprint density at radius 3 is 2.95 bits per heavy atom. The first-order valence-electron chi connectivity index (χ1n) is 7.18. The summed E-state index contributed by atoms with van der Waals surface area (Å²) < 4.78 is 3.27. The van der Waals surface area contributed by atoms with E-state index in [4.69, 9.17) is 5.10 Å². The molecule has 3 nitrogen and oxygen atoms in total. The summed E-state index contributed by atoms with van der Waals surface area (Å²) in [5.41, 5.74) is 4.87. The summed E-state index contributed by atoms with van der Waals surface area (Å²) in [7, 11) is 0. The maximum atomic E-state index is 4.74. The van der Waals surface area contributed by atoms with Gasteiger partial charge >= 0.3 is 0 Å². The van der Waals surface area contributed by atoms with E-state index in [-0.39, 0.29) is 0 Å². The second-order valence-corrected chi connectivity index (χ2v) is 6.45. The molecule has 2 heterocycles. The summed E-state index contributed by atoms with van der Waals surface area (Å²) in [6, 6.07) is 9.02. The molecule has 4 heteroatoms. The van der Waals surface area contributed by atoms with Gasteiger partial charge in [0, 0.05) is 21.8 Å². The lowest BCUT2D eigenvalue weighted by molar-refractivity contribution is 0.467. The minimum atomic E-state index is 0.573. The van der Waals surface area contributed by atoms with Crippen LogP contribution in [0.5, 0.6) is 0 Å².